The van der Waals surface area contributed by atoms with Crippen LogP contribution < -0.4 is 10.6 Å². The molecule has 2 rings (SSSR count). The van der Waals surface area contributed by atoms with Crippen LogP contribution in [0.25, 0.3) is 0 Å². The monoisotopic (exact) mass is 393 g/mol. The molecule has 0 saturated carbocycles. The average Bonchev–Trinajstić information content (AvgIpc) is 2.92. The number of nitrogens with one attached hydrogen (secondary N) is 2. The second-order valence-corrected chi connectivity index (χ2v) is 6.54. The molecule has 0 radical (unpaired) electrons. The largest absolute Gasteiger partial charge is 0.454 e. The predicted molar refractivity (Wildman–Crippen MR) is 97.3 cm³/mol. The first kappa shape index (κ1) is 20.4. The second-order valence-electron chi connectivity index (χ2n) is 5.56. The molecule has 1 aliphatic heterocycles. The van der Waals surface area contributed by atoms with E-state index >= 15 is 0 Å². The summed E-state index contributed by atoms with van der Waals surface area (Å²) < 4.78 is 4.93. The maximum Gasteiger partial charge on any atom is 0.329 e. The molecule has 0 bridgehead atoms. The van der Waals surface area contributed by atoms with E-state index in [2.05, 4.69) is 5.32 Å². The Balaban J connectivity index is 2.12. The van der Waals surface area contributed by atoms with Crippen molar-refractivity contribution in [1.29, 1.82) is 0 Å². The third-order valence-corrected chi connectivity index (χ3v) is 4.47. The van der Waals surface area contributed by atoms with Gasteiger partial charge >= 0.3 is 12.0 Å². The molecule has 2 N–H and O–H groups in total. The van der Waals surface area contributed by atoms with Gasteiger partial charge in [0.2, 0.25) is 0 Å². The lowest BCUT2D eigenvalue weighted by Gasteiger charge is -2.24. The maximum absolute atomic E-state index is 12.6. The molecule has 27 heavy (non-hydrogen) atoms. The number of rotatable bonds is 7. The number of ether oxygens (including phenoxy) is 1. The van der Waals surface area contributed by atoms with E-state index in [1.54, 1.807) is 12.1 Å². The first-order valence-electron chi connectivity index (χ1n) is 8.04. The molecule has 0 spiro atoms. The highest BCUT2D eigenvalue weighted by molar-refractivity contribution is 7.98. The van der Waals surface area contributed by atoms with Crippen molar-refractivity contribution in [3.63, 3.8) is 0 Å². The third-order valence-electron chi connectivity index (χ3n) is 3.83. The summed E-state index contributed by atoms with van der Waals surface area (Å²) >= 11 is 1.44. The third kappa shape index (κ3) is 4.64. The van der Waals surface area contributed by atoms with Gasteiger partial charge in [0.15, 0.2) is 6.61 Å². The van der Waals surface area contributed by atoms with Crippen molar-refractivity contribution < 1.29 is 28.7 Å². The second kappa shape index (κ2) is 9.17. The Labute approximate surface area is 159 Å². The number of nitrogens with zero attached hydrogens (tertiary/aromatic N) is 1. The molecule has 9 nitrogen and oxygen atoms in total. The van der Waals surface area contributed by atoms with Crippen molar-refractivity contribution in [1.82, 2.24) is 15.5 Å². The minimum atomic E-state index is -1.15. The summed E-state index contributed by atoms with van der Waals surface area (Å²) in [4.78, 5) is 61.2. The number of benzene rings is 1. The van der Waals surface area contributed by atoms with Crippen LogP contribution in [0.1, 0.15) is 27.1 Å². The zero-order valence-electron chi connectivity index (χ0n) is 14.8. The fourth-order valence-corrected chi connectivity index (χ4v) is 2.99. The Kier molecular flexibility index (Phi) is 6.94. The number of hydrogen-bond acceptors (Lipinski definition) is 7. The van der Waals surface area contributed by atoms with Crippen molar-refractivity contribution in [3.05, 3.63) is 35.4 Å². The molecular weight excluding hydrogens is 374 g/mol. The van der Waals surface area contributed by atoms with Gasteiger partial charge in [0.1, 0.15) is 6.04 Å². The van der Waals surface area contributed by atoms with E-state index in [1.165, 1.54) is 30.9 Å². The van der Waals surface area contributed by atoms with Crippen molar-refractivity contribution in [3.8, 4) is 0 Å². The molecule has 1 atom stereocenters. The lowest BCUT2D eigenvalue weighted by molar-refractivity contribution is -0.152. The molecule has 144 valence electrons. The van der Waals surface area contributed by atoms with Gasteiger partial charge in [-0.2, -0.15) is 11.8 Å². The van der Waals surface area contributed by atoms with E-state index in [0.29, 0.717) is 5.75 Å². The summed E-state index contributed by atoms with van der Waals surface area (Å²) in [5.41, 5.74) is 0.448. The molecule has 1 aromatic carbocycles. The van der Waals surface area contributed by atoms with E-state index in [0.717, 1.165) is 4.90 Å². The number of thioether (sulfide) groups is 1. The van der Waals surface area contributed by atoms with Gasteiger partial charge in [0.05, 0.1) is 11.1 Å². The van der Waals surface area contributed by atoms with Crippen molar-refractivity contribution in [2.75, 3.05) is 25.7 Å². The van der Waals surface area contributed by atoms with Gasteiger partial charge in [-0.1, -0.05) is 12.1 Å². The molecule has 1 aliphatic rings. The Morgan fingerprint density at radius 1 is 1.15 bits per heavy atom. The average molecular weight is 393 g/mol. The van der Waals surface area contributed by atoms with Crippen molar-refractivity contribution in [2.24, 2.45) is 0 Å². The SMILES string of the molecule is CNC(=O)NC(=O)COC(=O)[C@H](CCSC)N1C(=O)c2ccccc2C1=O. The Morgan fingerprint density at radius 2 is 1.74 bits per heavy atom. The zero-order chi connectivity index (χ0) is 20.0. The normalized spacial score (nSPS) is 13.8. The number of esters is 1. The summed E-state index contributed by atoms with van der Waals surface area (Å²) in [5.74, 6) is -2.36. The molecule has 0 aliphatic carbocycles. The fraction of sp³-hybridized carbons (Fsp3) is 0.353. The maximum atomic E-state index is 12.6. The standard InChI is InChI=1S/C17H19N3O6S/c1-18-17(25)19-13(21)9-26-16(24)12(7-8-27-2)20-14(22)10-5-3-4-6-11(10)15(20)23/h3-6,12H,7-9H2,1-2H3,(H2,18,19,21,25)/t12-/m0/s1. The van der Waals surface area contributed by atoms with Gasteiger partial charge in [-0.15, -0.1) is 0 Å². The Morgan fingerprint density at radius 3 is 2.26 bits per heavy atom. The van der Waals surface area contributed by atoms with Gasteiger partial charge in [-0.05, 0) is 30.6 Å². The lowest BCUT2D eigenvalue weighted by atomic mass is 10.1. The quantitative estimate of drug-likeness (QED) is 0.508. The molecule has 0 fully saturated rings. The number of imide groups is 2. The molecule has 5 amide bonds. The van der Waals surface area contributed by atoms with Crippen LogP contribution in [0, 0.1) is 0 Å². The highest BCUT2D eigenvalue weighted by Gasteiger charge is 2.43. The summed E-state index contributed by atoms with van der Waals surface area (Å²) in [6, 6.07) is 4.40. The van der Waals surface area contributed by atoms with E-state index < -0.39 is 42.4 Å². The zero-order valence-corrected chi connectivity index (χ0v) is 15.6. The minimum absolute atomic E-state index is 0.183. The van der Waals surface area contributed by atoms with E-state index in [-0.39, 0.29) is 17.5 Å². The molecule has 0 unspecified atom stereocenters. The highest BCUT2D eigenvalue weighted by Crippen LogP contribution is 2.26. The fourth-order valence-electron chi connectivity index (χ4n) is 2.53. The Hall–Kier alpha value is -2.88. The molecule has 1 heterocycles. The van der Waals surface area contributed by atoms with E-state index in [9.17, 15) is 24.0 Å². The van der Waals surface area contributed by atoms with Gasteiger partial charge in [-0.3, -0.25) is 24.6 Å². The molecular formula is C17H19N3O6S. The van der Waals surface area contributed by atoms with Gasteiger partial charge in [0.25, 0.3) is 17.7 Å². The smallest absolute Gasteiger partial charge is 0.329 e. The van der Waals surface area contributed by atoms with Crippen LogP contribution in [0.3, 0.4) is 0 Å². The van der Waals surface area contributed by atoms with Crippen LogP contribution >= 0.6 is 11.8 Å². The highest BCUT2D eigenvalue weighted by atomic mass is 32.2. The summed E-state index contributed by atoms with van der Waals surface area (Å²) in [6.45, 7) is -0.703. The van der Waals surface area contributed by atoms with Crippen LogP contribution in [0.15, 0.2) is 24.3 Å². The van der Waals surface area contributed by atoms with Crippen LogP contribution in [0.5, 0.6) is 0 Å². The first-order valence-corrected chi connectivity index (χ1v) is 9.44. The number of hydrogen-bond donors (Lipinski definition) is 2. The molecule has 10 heteroatoms. The number of fused-ring (bicyclic) bond motifs is 1. The summed E-state index contributed by atoms with van der Waals surface area (Å²) in [7, 11) is 1.33. The molecule has 1 aromatic rings. The van der Waals surface area contributed by atoms with Crippen LogP contribution in [0.2, 0.25) is 0 Å². The molecule has 0 aromatic heterocycles. The number of carbonyl (C=O) groups excluding carboxylic acids is 5. The van der Waals surface area contributed by atoms with Gasteiger partial charge in [0, 0.05) is 7.05 Å². The Bertz CT molecular complexity index is 747. The summed E-state index contributed by atoms with van der Waals surface area (Å²) in [5, 5.41) is 4.14. The molecule has 0 saturated heterocycles. The van der Waals surface area contributed by atoms with E-state index in [4.69, 9.17) is 4.74 Å². The van der Waals surface area contributed by atoms with Crippen LogP contribution in [-0.2, 0) is 14.3 Å². The number of urea groups is 1. The van der Waals surface area contributed by atoms with Gasteiger partial charge in [-0.25, -0.2) is 9.59 Å². The van der Waals surface area contributed by atoms with E-state index in [1.807, 2.05) is 11.6 Å². The van der Waals surface area contributed by atoms with Crippen molar-refractivity contribution in [2.45, 2.75) is 12.5 Å². The number of amides is 5. The first-order chi connectivity index (χ1) is 12.9. The summed E-state index contributed by atoms with van der Waals surface area (Å²) in [6.07, 6.45) is 2.00. The number of carbonyl (C=O) groups is 5. The predicted octanol–water partition coefficient (Wildman–Crippen LogP) is 0.403. The van der Waals surface area contributed by atoms with Crippen LogP contribution in [0.4, 0.5) is 4.79 Å². The topological polar surface area (TPSA) is 122 Å². The van der Waals surface area contributed by atoms with Crippen molar-refractivity contribution >= 4 is 41.5 Å². The lowest BCUT2D eigenvalue weighted by Crippen LogP contribution is -2.47. The van der Waals surface area contributed by atoms with Gasteiger partial charge < -0.3 is 10.1 Å². The minimum Gasteiger partial charge on any atom is -0.454 e. The van der Waals surface area contributed by atoms with Crippen LogP contribution in [-0.4, -0.2) is 66.3 Å².